The molecule has 2 bridgehead atoms. The van der Waals surface area contributed by atoms with Gasteiger partial charge in [0.05, 0.1) is 23.7 Å². The number of carbonyl (C=O) groups is 2. The van der Waals surface area contributed by atoms with Crippen molar-refractivity contribution in [2.75, 3.05) is 13.1 Å². The van der Waals surface area contributed by atoms with Crippen molar-refractivity contribution in [1.82, 2.24) is 10.2 Å². The number of fused-ring (bicyclic) bond motifs is 2. The fraction of sp³-hybridized carbons (Fsp3) is 0.867. The average molecular weight is 296 g/mol. The maximum atomic E-state index is 12.4. The van der Waals surface area contributed by atoms with Gasteiger partial charge in [0.1, 0.15) is 0 Å². The highest BCUT2D eigenvalue weighted by Crippen LogP contribution is 2.39. The van der Waals surface area contributed by atoms with Gasteiger partial charge in [0.2, 0.25) is 0 Å². The van der Waals surface area contributed by atoms with Crippen molar-refractivity contribution < 1.29 is 19.4 Å². The highest BCUT2D eigenvalue weighted by molar-refractivity contribution is 5.80. The van der Waals surface area contributed by atoms with Crippen molar-refractivity contribution in [2.24, 2.45) is 11.3 Å². The van der Waals surface area contributed by atoms with E-state index in [1.807, 2.05) is 13.8 Å². The molecule has 3 heterocycles. The lowest BCUT2D eigenvalue weighted by Gasteiger charge is -2.29. The summed E-state index contributed by atoms with van der Waals surface area (Å²) < 4.78 is 5.74. The maximum Gasteiger partial charge on any atom is 0.317 e. The van der Waals surface area contributed by atoms with Gasteiger partial charge < -0.3 is 20.1 Å². The highest BCUT2D eigenvalue weighted by atomic mass is 16.5. The molecule has 2 N–H and O–H groups in total. The SMILES string of the molecule is CC(C)C1(C(=O)O)CCN(C(=O)NC2CC3CCC2O3)C1. The average Bonchev–Trinajstić information content (AvgIpc) is 3.13. The number of hydrogen-bond donors (Lipinski definition) is 2. The number of likely N-dealkylation sites (tertiary alicyclic amines) is 1. The second-order valence-corrected chi connectivity index (χ2v) is 6.95. The standard InChI is InChI=1S/C15H24N2O4/c1-9(2)15(13(18)19)5-6-17(8-15)14(20)16-11-7-10-3-4-12(11)21-10/h9-12H,3-8H2,1-2H3,(H,16,20)(H,18,19). The summed E-state index contributed by atoms with van der Waals surface area (Å²) in [6, 6.07) is -0.0462. The molecule has 4 atom stereocenters. The van der Waals surface area contributed by atoms with Crippen LogP contribution in [0, 0.1) is 11.3 Å². The molecule has 0 aliphatic carbocycles. The first-order valence-corrected chi connectivity index (χ1v) is 7.86. The van der Waals surface area contributed by atoms with Crippen molar-refractivity contribution >= 4 is 12.0 Å². The molecule has 118 valence electrons. The van der Waals surface area contributed by atoms with E-state index in [-0.39, 0.29) is 24.1 Å². The summed E-state index contributed by atoms with van der Waals surface area (Å²) in [6.45, 7) is 4.64. The zero-order valence-corrected chi connectivity index (χ0v) is 12.7. The molecule has 0 aromatic rings. The molecule has 0 radical (unpaired) electrons. The fourth-order valence-electron chi connectivity index (χ4n) is 3.94. The van der Waals surface area contributed by atoms with E-state index >= 15 is 0 Å². The Morgan fingerprint density at radius 2 is 2.14 bits per heavy atom. The Hall–Kier alpha value is -1.30. The molecular weight excluding hydrogens is 272 g/mol. The van der Waals surface area contributed by atoms with Crippen molar-refractivity contribution in [3.63, 3.8) is 0 Å². The quantitative estimate of drug-likeness (QED) is 0.826. The van der Waals surface area contributed by atoms with Gasteiger partial charge >= 0.3 is 12.0 Å². The number of ether oxygens (including phenoxy) is 1. The van der Waals surface area contributed by atoms with Gasteiger partial charge in [0.15, 0.2) is 0 Å². The first-order valence-electron chi connectivity index (χ1n) is 7.86. The molecular formula is C15H24N2O4. The maximum absolute atomic E-state index is 12.4. The van der Waals surface area contributed by atoms with Gasteiger partial charge in [0, 0.05) is 13.1 Å². The Bertz CT molecular complexity index is 453. The number of hydrogen-bond acceptors (Lipinski definition) is 3. The number of amides is 2. The first kappa shape index (κ1) is 14.6. The molecule has 0 aromatic carbocycles. The third-order valence-electron chi connectivity index (χ3n) is 5.53. The number of carboxylic acid groups (broad SMARTS) is 1. The summed E-state index contributed by atoms with van der Waals surface area (Å²) in [6.07, 6.45) is 3.97. The summed E-state index contributed by atoms with van der Waals surface area (Å²) in [5.41, 5.74) is -0.803. The van der Waals surface area contributed by atoms with Gasteiger partial charge in [-0.25, -0.2) is 4.79 Å². The summed E-state index contributed by atoms with van der Waals surface area (Å²) >= 11 is 0. The summed E-state index contributed by atoms with van der Waals surface area (Å²) in [5.74, 6) is -0.783. The predicted molar refractivity (Wildman–Crippen MR) is 75.9 cm³/mol. The van der Waals surface area contributed by atoms with Gasteiger partial charge in [-0.05, 0) is 31.6 Å². The molecule has 6 heteroatoms. The molecule has 3 aliphatic heterocycles. The van der Waals surface area contributed by atoms with Crippen LogP contribution in [0.25, 0.3) is 0 Å². The molecule has 21 heavy (non-hydrogen) atoms. The van der Waals surface area contributed by atoms with Crippen LogP contribution < -0.4 is 5.32 Å². The number of carboxylic acids is 1. The van der Waals surface area contributed by atoms with Crippen LogP contribution in [0.5, 0.6) is 0 Å². The second-order valence-electron chi connectivity index (χ2n) is 6.95. The van der Waals surface area contributed by atoms with Crippen LogP contribution in [0.4, 0.5) is 4.79 Å². The van der Waals surface area contributed by atoms with E-state index in [2.05, 4.69) is 5.32 Å². The van der Waals surface area contributed by atoms with Crippen LogP contribution >= 0.6 is 0 Å². The van der Waals surface area contributed by atoms with E-state index in [9.17, 15) is 14.7 Å². The van der Waals surface area contributed by atoms with Crippen LogP contribution in [-0.4, -0.2) is 53.3 Å². The lowest BCUT2D eigenvalue weighted by atomic mass is 9.76. The zero-order chi connectivity index (χ0) is 15.2. The molecule has 3 rings (SSSR count). The topological polar surface area (TPSA) is 78.9 Å². The molecule has 6 nitrogen and oxygen atoms in total. The number of nitrogens with one attached hydrogen (secondary N) is 1. The molecule has 2 amide bonds. The fourth-order valence-corrected chi connectivity index (χ4v) is 3.94. The third-order valence-corrected chi connectivity index (χ3v) is 5.53. The van der Waals surface area contributed by atoms with Gasteiger partial charge in [-0.2, -0.15) is 0 Å². The predicted octanol–water partition coefficient (Wildman–Crippen LogP) is 1.45. The van der Waals surface area contributed by atoms with E-state index in [0.29, 0.717) is 25.6 Å². The van der Waals surface area contributed by atoms with E-state index < -0.39 is 11.4 Å². The van der Waals surface area contributed by atoms with Crippen molar-refractivity contribution in [3.8, 4) is 0 Å². The number of rotatable bonds is 3. The van der Waals surface area contributed by atoms with Crippen LogP contribution in [-0.2, 0) is 9.53 Å². The van der Waals surface area contributed by atoms with Crippen LogP contribution in [0.15, 0.2) is 0 Å². The van der Waals surface area contributed by atoms with Gasteiger partial charge in [-0.3, -0.25) is 4.79 Å². The molecule has 0 spiro atoms. The second kappa shape index (κ2) is 5.16. The molecule has 3 saturated heterocycles. The summed E-state index contributed by atoms with van der Waals surface area (Å²) in [4.78, 5) is 25.6. The normalized spacial score (nSPS) is 38.2. The molecule has 0 saturated carbocycles. The van der Waals surface area contributed by atoms with Gasteiger partial charge in [-0.15, -0.1) is 0 Å². The number of urea groups is 1. The van der Waals surface area contributed by atoms with E-state index in [4.69, 9.17) is 4.74 Å². The zero-order valence-electron chi connectivity index (χ0n) is 12.7. The van der Waals surface area contributed by atoms with Crippen molar-refractivity contribution in [2.45, 2.75) is 57.8 Å². The Morgan fingerprint density at radius 1 is 1.38 bits per heavy atom. The molecule has 4 unspecified atom stereocenters. The Kier molecular flexibility index (Phi) is 3.59. The van der Waals surface area contributed by atoms with E-state index in [1.165, 1.54) is 0 Å². The number of aliphatic carboxylic acids is 1. The molecule has 0 aromatic heterocycles. The Balaban J connectivity index is 1.60. The van der Waals surface area contributed by atoms with Crippen molar-refractivity contribution in [1.29, 1.82) is 0 Å². The van der Waals surface area contributed by atoms with E-state index in [0.717, 1.165) is 19.3 Å². The minimum atomic E-state index is -0.803. The largest absolute Gasteiger partial charge is 0.481 e. The lowest BCUT2D eigenvalue weighted by molar-refractivity contribution is -0.150. The van der Waals surface area contributed by atoms with Gasteiger partial charge in [0.25, 0.3) is 0 Å². The van der Waals surface area contributed by atoms with Crippen LogP contribution in [0.2, 0.25) is 0 Å². The Morgan fingerprint density at radius 3 is 2.62 bits per heavy atom. The smallest absolute Gasteiger partial charge is 0.317 e. The van der Waals surface area contributed by atoms with Crippen molar-refractivity contribution in [3.05, 3.63) is 0 Å². The lowest BCUT2D eigenvalue weighted by Crippen LogP contribution is -2.49. The van der Waals surface area contributed by atoms with Gasteiger partial charge in [-0.1, -0.05) is 13.8 Å². The monoisotopic (exact) mass is 296 g/mol. The number of nitrogens with zero attached hydrogens (tertiary/aromatic N) is 1. The summed E-state index contributed by atoms with van der Waals surface area (Å²) in [7, 11) is 0. The minimum Gasteiger partial charge on any atom is -0.481 e. The van der Waals surface area contributed by atoms with E-state index in [1.54, 1.807) is 4.90 Å². The number of carbonyl (C=O) groups excluding carboxylic acids is 1. The molecule has 3 fully saturated rings. The minimum absolute atomic E-state index is 0.0126. The van der Waals surface area contributed by atoms with Crippen LogP contribution in [0.1, 0.15) is 39.5 Å². The Labute approximate surface area is 124 Å². The highest BCUT2D eigenvalue weighted by Gasteiger charge is 2.49. The van der Waals surface area contributed by atoms with Crippen LogP contribution in [0.3, 0.4) is 0 Å². The third kappa shape index (κ3) is 2.39. The summed E-state index contributed by atoms with van der Waals surface area (Å²) in [5, 5.41) is 12.6. The first-order chi connectivity index (χ1) is 9.92. The molecule has 3 aliphatic rings.